The van der Waals surface area contributed by atoms with E-state index in [0.29, 0.717) is 0 Å². The van der Waals surface area contributed by atoms with Gasteiger partial charge in [0, 0.05) is 0 Å². The third-order valence-electron chi connectivity index (χ3n) is 1.53. The van der Waals surface area contributed by atoms with Crippen LogP contribution in [0, 0.1) is 0 Å². The van der Waals surface area contributed by atoms with Crippen LogP contribution in [0.3, 0.4) is 0 Å². The minimum absolute atomic E-state index is 0.125. The molecule has 0 aliphatic carbocycles. The van der Waals surface area contributed by atoms with Gasteiger partial charge in [-0.25, -0.2) is 8.42 Å². The van der Waals surface area contributed by atoms with Gasteiger partial charge in [-0.3, -0.25) is 0 Å². The molecule has 0 aromatic heterocycles. The lowest BCUT2D eigenvalue weighted by Crippen LogP contribution is -2.33. The van der Waals surface area contributed by atoms with Crippen molar-refractivity contribution in [3.8, 4) is 0 Å². The van der Waals surface area contributed by atoms with Crippen molar-refractivity contribution in [2.45, 2.75) is 31.3 Å². The zero-order chi connectivity index (χ0) is 10.7. The van der Waals surface area contributed by atoms with Crippen LogP contribution >= 0.6 is 0 Å². The van der Waals surface area contributed by atoms with E-state index in [1.54, 1.807) is 0 Å². The molecule has 7 heteroatoms. The summed E-state index contributed by atoms with van der Waals surface area (Å²) in [4.78, 5) is 0. The first-order chi connectivity index (χ1) is 5.69. The first kappa shape index (κ1) is 12.7. The van der Waals surface area contributed by atoms with E-state index in [4.69, 9.17) is 5.73 Å². The zero-order valence-electron chi connectivity index (χ0n) is 7.13. The van der Waals surface area contributed by atoms with E-state index < -0.39 is 33.6 Å². The van der Waals surface area contributed by atoms with Gasteiger partial charge >= 0.3 is 6.18 Å². The van der Waals surface area contributed by atoms with Crippen LogP contribution in [0.1, 0.15) is 19.8 Å². The van der Waals surface area contributed by atoms with Crippen LogP contribution in [0.5, 0.6) is 0 Å². The fraction of sp³-hybridized carbons (Fsp3) is 1.00. The summed E-state index contributed by atoms with van der Waals surface area (Å²) in [5, 5.41) is -1.19. The van der Waals surface area contributed by atoms with Gasteiger partial charge < -0.3 is 5.73 Å². The normalized spacial score (nSPS) is 15.8. The van der Waals surface area contributed by atoms with E-state index in [1.165, 1.54) is 6.92 Å². The van der Waals surface area contributed by atoms with Crippen molar-refractivity contribution in [2.24, 2.45) is 5.73 Å². The Bertz CT molecular complexity index is 247. The van der Waals surface area contributed by atoms with Crippen molar-refractivity contribution in [1.82, 2.24) is 0 Å². The quantitative estimate of drug-likeness (QED) is 0.768. The molecule has 80 valence electrons. The lowest BCUT2D eigenvalue weighted by Gasteiger charge is -2.11. The molecule has 13 heavy (non-hydrogen) atoms. The highest BCUT2D eigenvalue weighted by atomic mass is 32.2. The highest BCUT2D eigenvalue weighted by Gasteiger charge is 2.31. The highest BCUT2D eigenvalue weighted by molar-refractivity contribution is 7.91. The maximum Gasteiger partial charge on any atom is 0.390 e. The topological polar surface area (TPSA) is 60.2 Å². The number of rotatable bonds is 4. The Kier molecular flexibility index (Phi) is 4.18. The smallest absolute Gasteiger partial charge is 0.315 e. The number of nitrogens with two attached hydrogens (primary N) is 1. The molecule has 0 heterocycles. The summed E-state index contributed by atoms with van der Waals surface area (Å²) in [6.07, 6.45) is -5.65. The van der Waals surface area contributed by atoms with Crippen molar-refractivity contribution in [3.05, 3.63) is 0 Å². The fourth-order valence-electron chi connectivity index (χ4n) is 0.663. The Morgan fingerprint density at radius 3 is 2.15 bits per heavy atom. The summed E-state index contributed by atoms with van der Waals surface area (Å²) in [6.45, 7) is 1.51. The van der Waals surface area contributed by atoms with Gasteiger partial charge in [0.15, 0.2) is 9.84 Å². The van der Waals surface area contributed by atoms with Crippen molar-refractivity contribution >= 4 is 9.84 Å². The summed E-state index contributed by atoms with van der Waals surface area (Å²) in [5.74, 6) is -0.925. The minimum atomic E-state index is -4.44. The third kappa shape index (κ3) is 5.09. The maximum absolute atomic E-state index is 11.6. The lowest BCUT2D eigenvalue weighted by molar-refractivity contribution is -0.129. The summed E-state index contributed by atoms with van der Waals surface area (Å²) < 4.78 is 56.9. The average molecular weight is 219 g/mol. The maximum atomic E-state index is 11.6. The molecular weight excluding hydrogens is 207 g/mol. The molecule has 0 fully saturated rings. The van der Waals surface area contributed by atoms with E-state index >= 15 is 0 Å². The van der Waals surface area contributed by atoms with Gasteiger partial charge in [0.1, 0.15) is 5.37 Å². The molecule has 0 aromatic rings. The predicted molar refractivity (Wildman–Crippen MR) is 42.7 cm³/mol. The van der Waals surface area contributed by atoms with E-state index in [2.05, 4.69) is 0 Å². The molecule has 0 saturated heterocycles. The van der Waals surface area contributed by atoms with Gasteiger partial charge in [-0.1, -0.05) is 6.92 Å². The second kappa shape index (κ2) is 4.28. The summed E-state index contributed by atoms with van der Waals surface area (Å²) >= 11 is 0. The second-order valence-electron chi connectivity index (χ2n) is 2.68. The standard InChI is InChI=1S/C6H12F3NO2S/c1-2-5(10)13(11,12)4-3-6(7,8)9/h5H,2-4,10H2,1H3. The predicted octanol–water partition coefficient (Wildman–Crippen LogP) is 1.05. The zero-order valence-corrected chi connectivity index (χ0v) is 7.95. The van der Waals surface area contributed by atoms with E-state index in [0.717, 1.165) is 0 Å². The molecule has 0 bridgehead atoms. The molecule has 1 atom stereocenters. The Labute approximate surface area is 75.0 Å². The minimum Gasteiger partial charge on any atom is -0.315 e. The van der Waals surface area contributed by atoms with E-state index in [-0.39, 0.29) is 6.42 Å². The van der Waals surface area contributed by atoms with Crippen molar-refractivity contribution in [3.63, 3.8) is 0 Å². The van der Waals surface area contributed by atoms with Crippen LogP contribution in [0.2, 0.25) is 0 Å². The van der Waals surface area contributed by atoms with E-state index in [9.17, 15) is 21.6 Å². The molecule has 0 amide bonds. The Morgan fingerprint density at radius 2 is 1.85 bits per heavy atom. The molecule has 0 radical (unpaired) electrons. The number of alkyl halides is 3. The number of sulfone groups is 1. The monoisotopic (exact) mass is 219 g/mol. The third-order valence-corrected chi connectivity index (χ3v) is 3.56. The van der Waals surface area contributed by atoms with Crippen molar-refractivity contribution in [1.29, 1.82) is 0 Å². The van der Waals surface area contributed by atoms with Gasteiger partial charge in [0.2, 0.25) is 0 Å². The van der Waals surface area contributed by atoms with Gasteiger partial charge in [0.05, 0.1) is 12.2 Å². The molecular formula is C6H12F3NO2S. The largest absolute Gasteiger partial charge is 0.390 e. The highest BCUT2D eigenvalue weighted by Crippen LogP contribution is 2.21. The molecule has 0 rings (SSSR count). The first-order valence-electron chi connectivity index (χ1n) is 3.73. The second-order valence-corrected chi connectivity index (χ2v) is 5.02. The fourth-order valence-corrected chi connectivity index (χ4v) is 1.99. The average Bonchev–Trinajstić information content (AvgIpc) is 1.98. The molecule has 3 nitrogen and oxygen atoms in total. The number of hydrogen-bond acceptors (Lipinski definition) is 3. The number of halogens is 3. The molecule has 2 N–H and O–H groups in total. The summed E-state index contributed by atoms with van der Waals surface area (Å²) in [7, 11) is -3.79. The van der Waals surface area contributed by atoms with Crippen LogP contribution < -0.4 is 5.73 Å². The molecule has 0 spiro atoms. The SMILES string of the molecule is CCC(N)S(=O)(=O)CCC(F)(F)F. The number of hydrogen-bond donors (Lipinski definition) is 1. The molecule has 0 saturated carbocycles. The summed E-state index contributed by atoms with van der Waals surface area (Å²) in [6, 6.07) is 0. The van der Waals surface area contributed by atoms with Gasteiger partial charge in [-0.15, -0.1) is 0 Å². The van der Waals surface area contributed by atoms with Crippen molar-refractivity contribution in [2.75, 3.05) is 5.75 Å². The van der Waals surface area contributed by atoms with Crippen molar-refractivity contribution < 1.29 is 21.6 Å². The summed E-state index contributed by atoms with van der Waals surface area (Å²) in [5.41, 5.74) is 5.12. The van der Waals surface area contributed by atoms with Crippen LogP contribution in [0.4, 0.5) is 13.2 Å². The Morgan fingerprint density at radius 1 is 1.38 bits per heavy atom. The Balaban J connectivity index is 4.21. The lowest BCUT2D eigenvalue weighted by atomic mass is 10.5. The molecule has 0 aliphatic heterocycles. The van der Waals surface area contributed by atoms with Gasteiger partial charge in [0.25, 0.3) is 0 Å². The molecule has 0 aliphatic rings. The van der Waals surface area contributed by atoms with Crippen LogP contribution in [-0.2, 0) is 9.84 Å². The van der Waals surface area contributed by atoms with Gasteiger partial charge in [-0.2, -0.15) is 13.2 Å². The Hall–Kier alpha value is -0.300. The van der Waals surface area contributed by atoms with Crippen LogP contribution in [0.25, 0.3) is 0 Å². The van der Waals surface area contributed by atoms with Gasteiger partial charge in [-0.05, 0) is 6.42 Å². The molecule has 1 unspecified atom stereocenters. The molecule has 0 aromatic carbocycles. The first-order valence-corrected chi connectivity index (χ1v) is 5.44. The van der Waals surface area contributed by atoms with Crippen LogP contribution in [0.15, 0.2) is 0 Å². The van der Waals surface area contributed by atoms with Crippen LogP contribution in [-0.4, -0.2) is 25.7 Å². The van der Waals surface area contributed by atoms with E-state index in [1.807, 2.05) is 0 Å².